The lowest BCUT2D eigenvalue weighted by atomic mass is 10.00. The van der Waals surface area contributed by atoms with Crippen LogP contribution in [0.2, 0.25) is 0 Å². The summed E-state index contributed by atoms with van der Waals surface area (Å²) in [6, 6.07) is 7.92. The number of aromatic nitrogens is 4. The predicted molar refractivity (Wildman–Crippen MR) is 58.2 cm³/mol. The Morgan fingerprint density at radius 3 is 3.06 bits per heavy atom. The molecule has 0 aliphatic heterocycles. The van der Waals surface area contributed by atoms with E-state index in [1.54, 1.807) is 0 Å². The molecule has 84 valence electrons. The highest BCUT2D eigenvalue weighted by Gasteiger charge is 2.08. The van der Waals surface area contributed by atoms with Gasteiger partial charge in [-0.25, -0.2) is 5.90 Å². The SMILES string of the molecule is CC(CON)c1cccc(-c2nn[nH]n2)c1. The van der Waals surface area contributed by atoms with Crippen molar-refractivity contribution >= 4 is 0 Å². The highest BCUT2D eigenvalue weighted by molar-refractivity contribution is 5.55. The van der Waals surface area contributed by atoms with Crippen LogP contribution in [0.25, 0.3) is 11.4 Å². The van der Waals surface area contributed by atoms with Crippen LogP contribution in [0.4, 0.5) is 0 Å². The van der Waals surface area contributed by atoms with Gasteiger partial charge >= 0.3 is 0 Å². The third kappa shape index (κ3) is 2.23. The maximum atomic E-state index is 5.06. The van der Waals surface area contributed by atoms with Gasteiger partial charge in [-0.15, -0.1) is 10.2 Å². The lowest BCUT2D eigenvalue weighted by Gasteiger charge is -2.10. The minimum absolute atomic E-state index is 0.233. The van der Waals surface area contributed by atoms with Crippen LogP contribution in [0.3, 0.4) is 0 Å². The van der Waals surface area contributed by atoms with Crippen molar-refractivity contribution in [2.45, 2.75) is 12.8 Å². The van der Waals surface area contributed by atoms with Gasteiger partial charge in [-0.1, -0.05) is 25.1 Å². The van der Waals surface area contributed by atoms with Gasteiger partial charge in [-0.3, -0.25) is 0 Å². The average molecular weight is 219 g/mol. The Kier molecular flexibility index (Phi) is 3.23. The fourth-order valence-corrected chi connectivity index (χ4v) is 1.51. The van der Waals surface area contributed by atoms with E-state index in [2.05, 4.69) is 25.5 Å². The molecule has 1 atom stereocenters. The van der Waals surface area contributed by atoms with E-state index in [0.717, 1.165) is 11.1 Å². The van der Waals surface area contributed by atoms with Crippen molar-refractivity contribution in [1.29, 1.82) is 0 Å². The zero-order valence-electron chi connectivity index (χ0n) is 8.92. The number of hydrogen-bond acceptors (Lipinski definition) is 5. The van der Waals surface area contributed by atoms with E-state index in [1.165, 1.54) is 0 Å². The van der Waals surface area contributed by atoms with Gasteiger partial charge in [0.1, 0.15) is 0 Å². The van der Waals surface area contributed by atoms with Crippen molar-refractivity contribution in [3.05, 3.63) is 29.8 Å². The van der Waals surface area contributed by atoms with E-state index in [9.17, 15) is 0 Å². The second-order valence-corrected chi connectivity index (χ2v) is 3.60. The van der Waals surface area contributed by atoms with Gasteiger partial charge in [0.25, 0.3) is 0 Å². The second-order valence-electron chi connectivity index (χ2n) is 3.60. The first kappa shape index (κ1) is 10.7. The lowest BCUT2D eigenvalue weighted by Crippen LogP contribution is -2.08. The van der Waals surface area contributed by atoms with Crippen molar-refractivity contribution in [3.8, 4) is 11.4 Å². The molecule has 0 aliphatic carbocycles. The van der Waals surface area contributed by atoms with Crippen molar-refractivity contribution in [2.75, 3.05) is 6.61 Å². The second kappa shape index (κ2) is 4.82. The predicted octanol–water partition coefficient (Wildman–Crippen LogP) is 0.861. The zero-order valence-corrected chi connectivity index (χ0v) is 8.92. The summed E-state index contributed by atoms with van der Waals surface area (Å²) in [6.45, 7) is 2.53. The van der Waals surface area contributed by atoms with E-state index >= 15 is 0 Å². The van der Waals surface area contributed by atoms with Crippen LogP contribution in [-0.4, -0.2) is 27.2 Å². The molecule has 0 amide bonds. The molecule has 2 aromatic rings. The van der Waals surface area contributed by atoms with Crippen LogP contribution in [0.5, 0.6) is 0 Å². The summed E-state index contributed by atoms with van der Waals surface area (Å²) in [5.74, 6) is 5.88. The van der Waals surface area contributed by atoms with Crippen molar-refractivity contribution in [2.24, 2.45) is 5.90 Å². The van der Waals surface area contributed by atoms with E-state index in [1.807, 2.05) is 31.2 Å². The quantitative estimate of drug-likeness (QED) is 0.744. The topological polar surface area (TPSA) is 89.7 Å². The van der Waals surface area contributed by atoms with Gasteiger partial charge in [0, 0.05) is 11.5 Å². The Balaban J connectivity index is 2.26. The molecular weight excluding hydrogens is 206 g/mol. The van der Waals surface area contributed by atoms with Crippen LogP contribution in [0.15, 0.2) is 24.3 Å². The van der Waals surface area contributed by atoms with Gasteiger partial charge < -0.3 is 4.84 Å². The van der Waals surface area contributed by atoms with Crippen molar-refractivity contribution in [3.63, 3.8) is 0 Å². The molecule has 0 radical (unpaired) electrons. The smallest absolute Gasteiger partial charge is 0.204 e. The van der Waals surface area contributed by atoms with Gasteiger partial charge in [0.15, 0.2) is 0 Å². The summed E-state index contributed by atoms with van der Waals surface area (Å²) in [4.78, 5) is 4.64. The molecule has 0 fully saturated rings. The fraction of sp³-hybridized carbons (Fsp3) is 0.300. The molecule has 0 spiro atoms. The molecule has 1 aromatic heterocycles. The lowest BCUT2D eigenvalue weighted by molar-refractivity contribution is 0.126. The van der Waals surface area contributed by atoms with E-state index in [-0.39, 0.29) is 5.92 Å². The number of aromatic amines is 1. The molecule has 0 saturated carbocycles. The summed E-state index contributed by atoms with van der Waals surface area (Å²) in [7, 11) is 0. The number of nitrogens with zero attached hydrogens (tertiary/aromatic N) is 3. The van der Waals surface area contributed by atoms with Gasteiger partial charge in [-0.05, 0) is 16.8 Å². The Morgan fingerprint density at radius 2 is 2.38 bits per heavy atom. The molecule has 16 heavy (non-hydrogen) atoms. The maximum Gasteiger partial charge on any atom is 0.204 e. The summed E-state index contributed by atoms with van der Waals surface area (Å²) in [6.07, 6.45) is 0. The molecule has 3 N–H and O–H groups in total. The van der Waals surface area contributed by atoms with Crippen molar-refractivity contribution in [1.82, 2.24) is 20.6 Å². The number of tetrazole rings is 1. The molecule has 0 saturated heterocycles. The maximum absolute atomic E-state index is 5.06. The molecule has 0 aliphatic rings. The summed E-state index contributed by atoms with van der Waals surface area (Å²) < 4.78 is 0. The molecule has 1 heterocycles. The van der Waals surface area contributed by atoms with E-state index < -0.39 is 0 Å². The van der Waals surface area contributed by atoms with Crippen LogP contribution in [0.1, 0.15) is 18.4 Å². The number of H-pyrrole nitrogens is 1. The first-order valence-corrected chi connectivity index (χ1v) is 4.96. The van der Waals surface area contributed by atoms with Gasteiger partial charge in [0.2, 0.25) is 5.82 Å². The normalized spacial score (nSPS) is 12.6. The third-order valence-corrected chi connectivity index (χ3v) is 2.41. The highest BCUT2D eigenvalue weighted by Crippen LogP contribution is 2.21. The third-order valence-electron chi connectivity index (χ3n) is 2.41. The van der Waals surface area contributed by atoms with Gasteiger partial charge in [-0.2, -0.15) is 5.21 Å². The number of hydrogen-bond donors (Lipinski definition) is 2. The Labute approximate surface area is 92.8 Å². The van der Waals surface area contributed by atoms with E-state index in [0.29, 0.717) is 12.4 Å². The fourth-order valence-electron chi connectivity index (χ4n) is 1.51. The molecule has 1 unspecified atom stereocenters. The Hall–Kier alpha value is -1.79. The largest absolute Gasteiger partial charge is 0.304 e. The number of nitrogens with two attached hydrogens (primary N) is 1. The zero-order chi connectivity index (χ0) is 11.4. The number of benzene rings is 1. The first-order valence-electron chi connectivity index (χ1n) is 4.96. The number of rotatable bonds is 4. The Morgan fingerprint density at radius 1 is 1.50 bits per heavy atom. The molecule has 1 aromatic carbocycles. The summed E-state index contributed by atoms with van der Waals surface area (Å²) in [5, 5.41) is 13.8. The molecule has 0 bridgehead atoms. The first-order chi connectivity index (χ1) is 7.81. The summed E-state index contributed by atoms with van der Waals surface area (Å²) in [5.41, 5.74) is 2.06. The average Bonchev–Trinajstić information content (AvgIpc) is 2.83. The van der Waals surface area contributed by atoms with Crippen molar-refractivity contribution < 1.29 is 4.84 Å². The molecule has 6 nitrogen and oxygen atoms in total. The minimum Gasteiger partial charge on any atom is -0.304 e. The van der Waals surface area contributed by atoms with Crippen LogP contribution in [0, 0.1) is 0 Å². The van der Waals surface area contributed by atoms with Crippen LogP contribution >= 0.6 is 0 Å². The minimum atomic E-state index is 0.233. The monoisotopic (exact) mass is 219 g/mol. The van der Waals surface area contributed by atoms with Crippen LogP contribution < -0.4 is 5.90 Å². The summed E-state index contributed by atoms with van der Waals surface area (Å²) >= 11 is 0. The molecule has 6 heteroatoms. The number of nitrogens with one attached hydrogen (secondary N) is 1. The standard InChI is InChI=1S/C10H13N5O/c1-7(6-16-11)8-3-2-4-9(5-8)10-12-14-15-13-10/h2-5,7H,6,11H2,1H3,(H,12,13,14,15). The van der Waals surface area contributed by atoms with Crippen LogP contribution in [-0.2, 0) is 4.84 Å². The Bertz CT molecular complexity index is 442. The molecule has 2 rings (SSSR count). The van der Waals surface area contributed by atoms with E-state index in [4.69, 9.17) is 5.90 Å². The molecular formula is C10H13N5O. The highest BCUT2D eigenvalue weighted by atomic mass is 16.6. The van der Waals surface area contributed by atoms with Gasteiger partial charge in [0.05, 0.1) is 6.61 Å².